The summed E-state index contributed by atoms with van der Waals surface area (Å²) < 4.78 is 10.4. The molecule has 0 amide bonds. The van der Waals surface area contributed by atoms with Gasteiger partial charge in [-0.2, -0.15) is 0 Å². The van der Waals surface area contributed by atoms with Gasteiger partial charge in [-0.05, 0) is 25.0 Å². The number of ether oxygens (including phenoxy) is 2. The average molecular weight is 234 g/mol. The number of hydrogen-bond acceptors (Lipinski definition) is 3. The zero-order valence-corrected chi connectivity index (χ0v) is 10.4. The number of para-hydroxylation sites is 1. The number of aryl methyl sites for hydroxylation is 2. The highest BCUT2D eigenvalue weighted by Crippen LogP contribution is 2.22. The zero-order valence-electron chi connectivity index (χ0n) is 10.4. The minimum absolute atomic E-state index is 0.252. The van der Waals surface area contributed by atoms with E-state index < -0.39 is 0 Å². The monoisotopic (exact) mass is 234 g/mol. The molecule has 3 heteroatoms. The zero-order chi connectivity index (χ0) is 12.7. The van der Waals surface area contributed by atoms with Crippen LogP contribution >= 0.6 is 0 Å². The lowest BCUT2D eigenvalue weighted by Gasteiger charge is -2.11. The van der Waals surface area contributed by atoms with Crippen molar-refractivity contribution in [3.05, 3.63) is 42.0 Å². The fraction of sp³-hybridized carbons (Fsp3) is 0.357. The minimum atomic E-state index is -0.267. The predicted molar refractivity (Wildman–Crippen MR) is 67.2 cm³/mol. The molecule has 92 valence electrons. The van der Waals surface area contributed by atoms with E-state index in [2.05, 4.69) is 6.58 Å². The van der Waals surface area contributed by atoms with Crippen molar-refractivity contribution in [1.29, 1.82) is 0 Å². The largest absolute Gasteiger partial charge is 0.492 e. The van der Waals surface area contributed by atoms with Crippen LogP contribution in [0.15, 0.2) is 30.9 Å². The molecule has 0 fully saturated rings. The molecule has 0 saturated heterocycles. The van der Waals surface area contributed by atoms with Gasteiger partial charge in [0.2, 0.25) is 0 Å². The summed E-state index contributed by atoms with van der Waals surface area (Å²) in [5.74, 6) is 0.583. The van der Waals surface area contributed by atoms with Gasteiger partial charge >= 0.3 is 5.97 Å². The van der Waals surface area contributed by atoms with E-state index in [4.69, 9.17) is 9.47 Å². The van der Waals surface area contributed by atoms with Gasteiger partial charge in [-0.1, -0.05) is 30.9 Å². The first-order chi connectivity index (χ1) is 8.15. The van der Waals surface area contributed by atoms with Crippen molar-refractivity contribution in [2.24, 2.45) is 0 Å². The Morgan fingerprint density at radius 1 is 1.35 bits per heavy atom. The Morgan fingerprint density at radius 3 is 2.59 bits per heavy atom. The fourth-order valence-corrected chi connectivity index (χ4v) is 1.49. The molecule has 0 aromatic heterocycles. The number of esters is 1. The van der Waals surface area contributed by atoms with E-state index in [1.165, 1.54) is 0 Å². The van der Waals surface area contributed by atoms with Crippen molar-refractivity contribution in [1.82, 2.24) is 0 Å². The SMILES string of the molecule is C=CCOC(=O)CCOc1c(C)cccc1C. The maximum absolute atomic E-state index is 11.2. The van der Waals surface area contributed by atoms with Gasteiger partial charge in [-0.15, -0.1) is 0 Å². The number of benzene rings is 1. The molecule has 0 atom stereocenters. The molecule has 0 N–H and O–H groups in total. The van der Waals surface area contributed by atoms with Crippen LogP contribution in [0.2, 0.25) is 0 Å². The summed E-state index contributed by atoms with van der Waals surface area (Å²) in [6.45, 7) is 8.03. The number of rotatable bonds is 6. The third-order valence-electron chi connectivity index (χ3n) is 2.32. The molecule has 1 aromatic carbocycles. The molecule has 0 spiro atoms. The van der Waals surface area contributed by atoms with Gasteiger partial charge in [0.25, 0.3) is 0 Å². The van der Waals surface area contributed by atoms with Crippen molar-refractivity contribution in [3.8, 4) is 5.75 Å². The van der Waals surface area contributed by atoms with Crippen molar-refractivity contribution >= 4 is 5.97 Å². The van der Waals surface area contributed by atoms with Crippen LogP contribution in [-0.2, 0) is 9.53 Å². The second kappa shape index (κ2) is 6.74. The summed E-state index contributed by atoms with van der Waals surface area (Å²) in [5, 5.41) is 0. The van der Waals surface area contributed by atoms with Crippen LogP contribution in [0.1, 0.15) is 17.5 Å². The van der Waals surface area contributed by atoms with Crippen LogP contribution in [0.25, 0.3) is 0 Å². The fourth-order valence-electron chi connectivity index (χ4n) is 1.49. The lowest BCUT2D eigenvalue weighted by Crippen LogP contribution is -2.10. The summed E-state index contributed by atoms with van der Waals surface area (Å²) >= 11 is 0. The average Bonchev–Trinajstić information content (AvgIpc) is 2.30. The quantitative estimate of drug-likeness (QED) is 0.561. The summed E-state index contributed by atoms with van der Waals surface area (Å²) in [7, 11) is 0. The minimum Gasteiger partial charge on any atom is -0.492 e. The van der Waals surface area contributed by atoms with Crippen LogP contribution in [0.5, 0.6) is 5.75 Å². The molecule has 17 heavy (non-hydrogen) atoms. The topological polar surface area (TPSA) is 35.5 Å². The van der Waals surface area contributed by atoms with Gasteiger partial charge < -0.3 is 9.47 Å². The Labute approximate surface area is 102 Å². The van der Waals surface area contributed by atoms with Gasteiger partial charge in [-0.25, -0.2) is 0 Å². The summed E-state index contributed by atoms with van der Waals surface area (Å²) in [6.07, 6.45) is 1.80. The Kier molecular flexibility index (Phi) is 5.27. The molecule has 0 heterocycles. The first kappa shape index (κ1) is 13.3. The highest BCUT2D eigenvalue weighted by atomic mass is 16.5. The van der Waals surface area contributed by atoms with E-state index in [-0.39, 0.29) is 19.0 Å². The smallest absolute Gasteiger partial charge is 0.309 e. The normalized spacial score (nSPS) is 9.76. The Bertz CT molecular complexity index is 376. The second-order valence-corrected chi connectivity index (χ2v) is 3.79. The molecule has 0 aliphatic heterocycles. The van der Waals surface area contributed by atoms with Crippen LogP contribution in [-0.4, -0.2) is 19.2 Å². The van der Waals surface area contributed by atoms with Crippen molar-refractivity contribution in [2.75, 3.05) is 13.2 Å². The van der Waals surface area contributed by atoms with Crippen LogP contribution in [0.3, 0.4) is 0 Å². The van der Waals surface area contributed by atoms with E-state index in [0.29, 0.717) is 6.61 Å². The van der Waals surface area contributed by atoms with Gasteiger partial charge in [0, 0.05) is 0 Å². The van der Waals surface area contributed by atoms with E-state index in [0.717, 1.165) is 16.9 Å². The standard InChI is InChI=1S/C14H18O3/c1-4-9-16-13(15)8-10-17-14-11(2)6-5-7-12(14)3/h4-7H,1,8-10H2,2-3H3. The third-order valence-corrected chi connectivity index (χ3v) is 2.32. The van der Waals surface area contributed by atoms with Crippen LogP contribution < -0.4 is 4.74 Å². The van der Waals surface area contributed by atoms with E-state index in [1.54, 1.807) is 6.08 Å². The Morgan fingerprint density at radius 2 is 2.00 bits per heavy atom. The molecule has 0 bridgehead atoms. The van der Waals surface area contributed by atoms with E-state index >= 15 is 0 Å². The molecule has 0 saturated carbocycles. The first-order valence-corrected chi connectivity index (χ1v) is 5.60. The Balaban J connectivity index is 2.40. The van der Waals surface area contributed by atoms with E-state index in [1.807, 2.05) is 32.0 Å². The molecule has 0 radical (unpaired) electrons. The lowest BCUT2D eigenvalue weighted by molar-refractivity contribution is -0.142. The summed E-state index contributed by atoms with van der Waals surface area (Å²) in [6, 6.07) is 5.95. The van der Waals surface area contributed by atoms with Crippen molar-refractivity contribution in [2.45, 2.75) is 20.3 Å². The van der Waals surface area contributed by atoms with Crippen LogP contribution in [0, 0.1) is 13.8 Å². The molecule has 0 unspecified atom stereocenters. The molecular formula is C14H18O3. The maximum Gasteiger partial charge on any atom is 0.309 e. The molecule has 1 rings (SSSR count). The molecule has 1 aromatic rings. The molecule has 3 nitrogen and oxygen atoms in total. The highest BCUT2D eigenvalue weighted by Gasteiger charge is 2.05. The van der Waals surface area contributed by atoms with Crippen molar-refractivity contribution < 1.29 is 14.3 Å². The molecule has 0 aliphatic carbocycles. The molecule has 0 aliphatic rings. The van der Waals surface area contributed by atoms with Gasteiger partial charge in [0.05, 0.1) is 13.0 Å². The molecular weight excluding hydrogens is 216 g/mol. The Hall–Kier alpha value is -1.77. The highest BCUT2D eigenvalue weighted by molar-refractivity contribution is 5.69. The van der Waals surface area contributed by atoms with Gasteiger partial charge in [0.1, 0.15) is 12.4 Å². The summed E-state index contributed by atoms with van der Waals surface area (Å²) in [5.41, 5.74) is 2.15. The predicted octanol–water partition coefficient (Wildman–Crippen LogP) is 2.80. The van der Waals surface area contributed by atoms with Gasteiger partial charge in [-0.3, -0.25) is 4.79 Å². The van der Waals surface area contributed by atoms with Gasteiger partial charge in [0.15, 0.2) is 0 Å². The van der Waals surface area contributed by atoms with E-state index in [9.17, 15) is 4.79 Å². The number of carbonyl (C=O) groups excluding carboxylic acids is 1. The first-order valence-electron chi connectivity index (χ1n) is 5.60. The maximum atomic E-state index is 11.2. The van der Waals surface area contributed by atoms with Crippen molar-refractivity contribution in [3.63, 3.8) is 0 Å². The third kappa shape index (κ3) is 4.31. The second-order valence-electron chi connectivity index (χ2n) is 3.79. The number of hydrogen-bond donors (Lipinski definition) is 0. The van der Waals surface area contributed by atoms with Crippen LogP contribution in [0.4, 0.5) is 0 Å². The summed E-state index contributed by atoms with van der Waals surface area (Å²) in [4.78, 5) is 11.2. The number of carbonyl (C=O) groups is 1. The lowest BCUT2D eigenvalue weighted by atomic mass is 10.1.